The smallest absolute Gasteiger partial charge is 0.130 e. The van der Waals surface area contributed by atoms with Gasteiger partial charge in [-0.25, -0.2) is 4.39 Å². The Kier molecular flexibility index (Phi) is 3.95. The monoisotopic (exact) mass is 214 g/mol. The lowest BCUT2D eigenvalue weighted by Gasteiger charge is -1.99. The van der Waals surface area contributed by atoms with E-state index in [4.69, 9.17) is 0 Å². The van der Waals surface area contributed by atoms with Crippen molar-refractivity contribution in [3.8, 4) is 0 Å². The molecule has 1 aromatic rings. The Morgan fingerprint density at radius 2 is 1.93 bits per heavy atom. The Morgan fingerprint density at radius 1 is 1.36 bits per heavy atom. The van der Waals surface area contributed by atoms with Gasteiger partial charge in [-0.2, -0.15) is 0 Å². The lowest BCUT2D eigenvalue weighted by molar-refractivity contribution is -0.116. The fourth-order valence-corrected chi connectivity index (χ4v) is 2.09. The Morgan fingerprint density at radius 3 is 2.43 bits per heavy atom. The number of carbonyl (C=O) groups is 1. The van der Waals surface area contributed by atoms with E-state index in [9.17, 15) is 13.4 Å². The van der Waals surface area contributed by atoms with Gasteiger partial charge in [0.05, 0.1) is 10.8 Å². The van der Waals surface area contributed by atoms with E-state index in [2.05, 4.69) is 0 Å². The summed E-state index contributed by atoms with van der Waals surface area (Å²) in [5, 5.41) is 0. The molecular formula is C10H11FO2S. The molecule has 4 heteroatoms. The van der Waals surface area contributed by atoms with E-state index < -0.39 is 10.8 Å². The van der Waals surface area contributed by atoms with Gasteiger partial charge in [0.25, 0.3) is 0 Å². The number of Topliss-reactive ketones (excluding diaryl/α,β-unsaturated/α-hetero) is 1. The van der Waals surface area contributed by atoms with Crippen molar-refractivity contribution in [1.29, 1.82) is 0 Å². The maximum Gasteiger partial charge on any atom is 0.130 e. The van der Waals surface area contributed by atoms with Crippen LogP contribution in [-0.4, -0.2) is 15.7 Å². The fraction of sp³-hybridized carbons (Fsp3) is 0.300. The maximum absolute atomic E-state index is 12.5. The SMILES string of the molecule is CC(=O)CCS(=O)c1ccc(F)cc1. The van der Waals surface area contributed by atoms with Gasteiger partial charge in [0.15, 0.2) is 0 Å². The standard InChI is InChI=1S/C10H11FO2S/c1-8(12)6-7-14(13)10-4-2-9(11)3-5-10/h2-5H,6-7H2,1H3. The molecule has 0 N–H and O–H groups in total. The summed E-state index contributed by atoms with van der Waals surface area (Å²) in [6.45, 7) is 1.46. The van der Waals surface area contributed by atoms with Gasteiger partial charge in [-0.15, -0.1) is 0 Å². The zero-order chi connectivity index (χ0) is 10.6. The van der Waals surface area contributed by atoms with Gasteiger partial charge in [0, 0.05) is 17.1 Å². The van der Waals surface area contributed by atoms with Crippen molar-refractivity contribution in [2.75, 3.05) is 5.75 Å². The topological polar surface area (TPSA) is 34.1 Å². The molecule has 0 saturated carbocycles. The first kappa shape index (κ1) is 11.0. The molecule has 76 valence electrons. The molecule has 0 fully saturated rings. The Balaban J connectivity index is 2.61. The van der Waals surface area contributed by atoms with Crippen LogP contribution < -0.4 is 0 Å². The molecule has 14 heavy (non-hydrogen) atoms. The third-order valence-corrected chi connectivity index (χ3v) is 3.09. The number of hydrogen-bond donors (Lipinski definition) is 0. The number of hydrogen-bond acceptors (Lipinski definition) is 2. The molecule has 1 rings (SSSR count). The maximum atomic E-state index is 12.5. The highest BCUT2D eigenvalue weighted by molar-refractivity contribution is 7.85. The van der Waals surface area contributed by atoms with Gasteiger partial charge in [0.1, 0.15) is 11.6 Å². The molecule has 0 radical (unpaired) electrons. The third kappa shape index (κ3) is 3.38. The predicted molar refractivity (Wildman–Crippen MR) is 53.0 cm³/mol. The van der Waals surface area contributed by atoms with E-state index in [1.165, 1.54) is 31.2 Å². The van der Waals surface area contributed by atoms with Crippen LogP contribution in [0.1, 0.15) is 13.3 Å². The first-order valence-electron chi connectivity index (χ1n) is 4.23. The van der Waals surface area contributed by atoms with E-state index in [0.29, 0.717) is 17.1 Å². The Bertz CT molecular complexity index is 346. The van der Waals surface area contributed by atoms with Crippen LogP contribution in [0.25, 0.3) is 0 Å². The van der Waals surface area contributed by atoms with E-state index in [1.807, 2.05) is 0 Å². The minimum absolute atomic E-state index is 0.0143. The summed E-state index contributed by atoms with van der Waals surface area (Å²) >= 11 is 0. The average Bonchev–Trinajstić information content (AvgIpc) is 2.15. The molecular weight excluding hydrogens is 203 g/mol. The lowest BCUT2D eigenvalue weighted by Crippen LogP contribution is -2.02. The van der Waals surface area contributed by atoms with Crippen molar-refractivity contribution in [3.05, 3.63) is 30.1 Å². The van der Waals surface area contributed by atoms with Crippen molar-refractivity contribution < 1.29 is 13.4 Å². The first-order chi connectivity index (χ1) is 6.59. The number of benzene rings is 1. The van der Waals surface area contributed by atoms with Crippen molar-refractivity contribution >= 4 is 16.6 Å². The van der Waals surface area contributed by atoms with Crippen molar-refractivity contribution in [1.82, 2.24) is 0 Å². The number of ketones is 1. The second-order valence-corrected chi connectivity index (χ2v) is 4.53. The fourth-order valence-electron chi connectivity index (χ4n) is 0.941. The minimum atomic E-state index is -1.20. The summed E-state index contributed by atoms with van der Waals surface area (Å²) in [5.41, 5.74) is 0. The van der Waals surface area contributed by atoms with Crippen molar-refractivity contribution in [2.24, 2.45) is 0 Å². The highest BCUT2D eigenvalue weighted by Crippen LogP contribution is 2.08. The molecule has 0 aliphatic carbocycles. The number of rotatable bonds is 4. The summed E-state index contributed by atoms with van der Waals surface area (Å²) < 4.78 is 24.0. The summed E-state index contributed by atoms with van der Waals surface area (Å²) in [4.78, 5) is 11.2. The summed E-state index contributed by atoms with van der Waals surface area (Å²) in [6, 6.07) is 5.49. The van der Waals surface area contributed by atoms with Crippen molar-refractivity contribution in [3.63, 3.8) is 0 Å². The van der Waals surface area contributed by atoms with Crippen LogP contribution in [-0.2, 0) is 15.6 Å². The molecule has 0 heterocycles. The summed E-state index contributed by atoms with van der Waals surface area (Å²) in [6.07, 6.45) is 0.296. The van der Waals surface area contributed by atoms with Gasteiger partial charge in [-0.3, -0.25) is 9.00 Å². The molecule has 0 bridgehead atoms. The minimum Gasteiger partial charge on any atom is -0.300 e. The summed E-state index contributed by atoms with van der Waals surface area (Å²) in [5.74, 6) is -0.0289. The molecule has 1 aromatic carbocycles. The molecule has 0 aliphatic rings. The van der Waals surface area contributed by atoms with Crippen LogP contribution >= 0.6 is 0 Å². The van der Waals surface area contributed by atoms with Crippen LogP contribution in [0.3, 0.4) is 0 Å². The van der Waals surface area contributed by atoms with Crippen molar-refractivity contribution in [2.45, 2.75) is 18.2 Å². The van der Waals surface area contributed by atoms with Crippen LogP contribution in [0.15, 0.2) is 29.2 Å². The number of carbonyl (C=O) groups excluding carboxylic acids is 1. The second-order valence-electron chi connectivity index (χ2n) is 2.96. The van der Waals surface area contributed by atoms with E-state index >= 15 is 0 Å². The van der Waals surface area contributed by atoms with E-state index in [0.717, 1.165) is 0 Å². The van der Waals surface area contributed by atoms with Crippen LogP contribution in [0.2, 0.25) is 0 Å². The van der Waals surface area contributed by atoms with Gasteiger partial charge in [-0.1, -0.05) is 0 Å². The third-order valence-electron chi connectivity index (χ3n) is 1.72. The normalized spacial score (nSPS) is 12.4. The number of halogens is 1. The Labute approximate surface area is 84.6 Å². The average molecular weight is 214 g/mol. The quantitative estimate of drug-likeness (QED) is 0.767. The van der Waals surface area contributed by atoms with E-state index in [-0.39, 0.29) is 11.6 Å². The zero-order valence-electron chi connectivity index (χ0n) is 7.83. The Hall–Kier alpha value is -1.03. The summed E-state index contributed by atoms with van der Waals surface area (Å²) in [7, 11) is -1.20. The molecule has 0 spiro atoms. The van der Waals surface area contributed by atoms with E-state index in [1.54, 1.807) is 0 Å². The van der Waals surface area contributed by atoms with Gasteiger partial charge >= 0.3 is 0 Å². The molecule has 0 saturated heterocycles. The van der Waals surface area contributed by atoms with Gasteiger partial charge in [0.2, 0.25) is 0 Å². The van der Waals surface area contributed by atoms with Crippen LogP contribution in [0.4, 0.5) is 4.39 Å². The second kappa shape index (κ2) is 5.00. The molecule has 2 nitrogen and oxygen atoms in total. The van der Waals surface area contributed by atoms with Crippen LogP contribution in [0, 0.1) is 5.82 Å². The molecule has 0 aliphatic heterocycles. The molecule has 1 atom stereocenters. The predicted octanol–water partition coefficient (Wildman–Crippen LogP) is 1.91. The van der Waals surface area contributed by atoms with Crippen LogP contribution in [0.5, 0.6) is 0 Å². The van der Waals surface area contributed by atoms with Gasteiger partial charge < -0.3 is 0 Å². The lowest BCUT2D eigenvalue weighted by atomic mass is 10.3. The molecule has 0 amide bonds. The zero-order valence-corrected chi connectivity index (χ0v) is 8.64. The first-order valence-corrected chi connectivity index (χ1v) is 5.55. The highest BCUT2D eigenvalue weighted by atomic mass is 32.2. The molecule has 0 aromatic heterocycles. The van der Waals surface area contributed by atoms with Gasteiger partial charge in [-0.05, 0) is 31.2 Å². The largest absolute Gasteiger partial charge is 0.300 e. The molecule has 1 unspecified atom stereocenters. The highest BCUT2D eigenvalue weighted by Gasteiger charge is 2.04.